The van der Waals surface area contributed by atoms with Gasteiger partial charge in [-0.25, -0.2) is 9.98 Å². The van der Waals surface area contributed by atoms with Gasteiger partial charge in [-0.3, -0.25) is 0 Å². The molecule has 0 aliphatic rings. The predicted molar refractivity (Wildman–Crippen MR) is 110 cm³/mol. The van der Waals surface area contributed by atoms with Gasteiger partial charge in [-0.1, -0.05) is 39.0 Å². The summed E-state index contributed by atoms with van der Waals surface area (Å²) in [6, 6.07) is 8.36. The second-order valence-corrected chi connectivity index (χ2v) is 7.60. The fourth-order valence-electron chi connectivity index (χ4n) is 2.87. The Morgan fingerprint density at radius 2 is 2.04 bits per heavy atom. The molecule has 0 atom stereocenters. The number of aromatic nitrogens is 2. The summed E-state index contributed by atoms with van der Waals surface area (Å²) in [6.45, 7) is 10.4. The summed E-state index contributed by atoms with van der Waals surface area (Å²) in [6.07, 6.45) is 4.79. The summed E-state index contributed by atoms with van der Waals surface area (Å²) < 4.78 is 5.81. The number of oxazole rings is 1. The van der Waals surface area contributed by atoms with Crippen molar-refractivity contribution in [2.24, 2.45) is 4.99 Å². The number of nitrogens with zero attached hydrogens (tertiary/aromatic N) is 2. The molecule has 0 bridgehead atoms. The lowest BCUT2D eigenvalue weighted by Gasteiger charge is -2.13. The Morgan fingerprint density at radius 1 is 1.22 bits per heavy atom. The van der Waals surface area contributed by atoms with Gasteiger partial charge in [0.15, 0.2) is 5.96 Å². The molecule has 3 N–H and O–H groups in total. The minimum Gasteiger partial charge on any atom is -0.443 e. The van der Waals surface area contributed by atoms with Gasteiger partial charge in [-0.05, 0) is 25.0 Å². The van der Waals surface area contributed by atoms with E-state index in [0.717, 1.165) is 31.2 Å². The van der Waals surface area contributed by atoms with E-state index in [1.165, 1.54) is 16.5 Å². The largest absolute Gasteiger partial charge is 0.443 e. The van der Waals surface area contributed by atoms with Crippen molar-refractivity contribution in [3.8, 4) is 0 Å². The Morgan fingerprint density at radius 3 is 2.78 bits per heavy atom. The lowest BCUT2D eigenvalue weighted by atomic mass is 9.94. The minimum absolute atomic E-state index is 0.0446. The van der Waals surface area contributed by atoms with Gasteiger partial charge in [0.25, 0.3) is 0 Å². The third kappa shape index (κ3) is 4.90. The van der Waals surface area contributed by atoms with Gasteiger partial charge in [-0.2, -0.15) is 0 Å². The SMILES string of the molecule is CCNC(=NCc1ncc(C(C)(C)C)o1)NCCc1c[nH]c2ccccc12. The van der Waals surface area contributed by atoms with E-state index in [-0.39, 0.29) is 5.41 Å². The molecule has 0 spiro atoms. The molecule has 0 unspecified atom stereocenters. The van der Waals surface area contributed by atoms with Crippen molar-refractivity contribution in [1.29, 1.82) is 0 Å². The molecule has 0 saturated carbocycles. The summed E-state index contributed by atoms with van der Waals surface area (Å²) in [4.78, 5) is 12.2. The first kappa shape index (κ1) is 19.0. The molecular weight excluding hydrogens is 338 g/mol. The second-order valence-electron chi connectivity index (χ2n) is 7.60. The fraction of sp³-hybridized carbons (Fsp3) is 0.429. The first-order valence-electron chi connectivity index (χ1n) is 9.49. The maximum atomic E-state index is 5.81. The Labute approximate surface area is 160 Å². The number of nitrogens with one attached hydrogen (secondary N) is 3. The van der Waals surface area contributed by atoms with Crippen molar-refractivity contribution in [1.82, 2.24) is 20.6 Å². The van der Waals surface area contributed by atoms with Crippen LogP contribution in [0.3, 0.4) is 0 Å². The van der Waals surface area contributed by atoms with E-state index in [9.17, 15) is 0 Å². The van der Waals surface area contributed by atoms with Crippen LogP contribution >= 0.6 is 0 Å². The number of fused-ring (bicyclic) bond motifs is 1. The molecule has 144 valence electrons. The van der Waals surface area contributed by atoms with Gasteiger partial charge in [-0.15, -0.1) is 0 Å². The summed E-state index contributed by atoms with van der Waals surface area (Å²) in [5.74, 6) is 2.28. The normalized spacial score (nSPS) is 12.5. The van der Waals surface area contributed by atoms with Gasteiger partial charge in [0, 0.05) is 35.6 Å². The van der Waals surface area contributed by atoms with E-state index < -0.39 is 0 Å². The van der Waals surface area contributed by atoms with Crippen LogP contribution in [0.15, 0.2) is 46.1 Å². The standard InChI is InChI=1S/C21H29N5O/c1-5-22-20(26-14-19-25-13-18(27-19)21(2,3)4)23-11-10-15-12-24-17-9-7-6-8-16(15)17/h6-9,12-13,24H,5,10-11,14H2,1-4H3,(H2,22,23,26). The third-order valence-corrected chi connectivity index (χ3v) is 4.37. The highest BCUT2D eigenvalue weighted by Crippen LogP contribution is 2.22. The van der Waals surface area contributed by atoms with Crippen molar-refractivity contribution < 1.29 is 4.42 Å². The van der Waals surface area contributed by atoms with Crippen molar-refractivity contribution in [3.63, 3.8) is 0 Å². The van der Waals surface area contributed by atoms with Gasteiger partial charge in [0.1, 0.15) is 12.3 Å². The maximum Gasteiger partial charge on any atom is 0.216 e. The molecule has 1 aromatic carbocycles. The second kappa shape index (κ2) is 8.29. The van der Waals surface area contributed by atoms with Crippen LogP contribution in [0.25, 0.3) is 10.9 Å². The molecule has 2 heterocycles. The molecule has 3 aromatic rings. The van der Waals surface area contributed by atoms with Gasteiger partial charge < -0.3 is 20.0 Å². The number of aliphatic imine (C=N–C) groups is 1. The topological polar surface area (TPSA) is 78.2 Å². The molecule has 3 rings (SSSR count). The van der Waals surface area contributed by atoms with Gasteiger partial charge in [0.05, 0.1) is 6.20 Å². The summed E-state index contributed by atoms with van der Waals surface area (Å²) >= 11 is 0. The van der Waals surface area contributed by atoms with Gasteiger partial charge in [0.2, 0.25) is 5.89 Å². The van der Waals surface area contributed by atoms with E-state index in [1.807, 2.05) is 6.07 Å². The quantitative estimate of drug-likeness (QED) is 0.458. The lowest BCUT2D eigenvalue weighted by Crippen LogP contribution is -2.38. The number of hydrogen-bond donors (Lipinski definition) is 3. The fourth-order valence-corrected chi connectivity index (χ4v) is 2.87. The average molecular weight is 367 g/mol. The van der Waals surface area contributed by atoms with Crippen molar-refractivity contribution in [2.45, 2.75) is 46.1 Å². The number of rotatable bonds is 6. The number of aromatic amines is 1. The average Bonchev–Trinajstić information content (AvgIpc) is 3.27. The molecule has 0 aliphatic heterocycles. The number of H-pyrrole nitrogens is 1. The molecule has 27 heavy (non-hydrogen) atoms. The molecule has 6 heteroatoms. The van der Waals surface area contributed by atoms with Crippen LogP contribution in [0.2, 0.25) is 0 Å². The molecule has 0 amide bonds. The third-order valence-electron chi connectivity index (χ3n) is 4.37. The van der Waals surface area contributed by atoms with E-state index in [0.29, 0.717) is 12.4 Å². The number of guanidine groups is 1. The van der Waals surface area contributed by atoms with Crippen LogP contribution in [0.4, 0.5) is 0 Å². The van der Waals surface area contributed by atoms with E-state index in [1.54, 1.807) is 6.20 Å². The number of hydrogen-bond acceptors (Lipinski definition) is 3. The molecule has 0 radical (unpaired) electrons. The lowest BCUT2D eigenvalue weighted by molar-refractivity contribution is 0.383. The molecule has 2 aromatic heterocycles. The monoisotopic (exact) mass is 367 g/mol. The van der Waals surface area contributed by atoms with E-state index in [2.05, 4.69) is 77.7 Å². The number of benzene rings is 1. The van der Waals surface area contributed by atoms with Crippen molar-refractivity contribution in [3.05, 3.63) is 53.9 Å². The zero-order valence-electron chi connectivity index (χ0n) is 16.6. The van der Waals surface area contributed by atoms with Crippen molar-refractivity contribution >= 4 is 16.9 Å². The molecule has 0 fully saturated rings. The smallest absolute Gasteiger partial charge is 0.216 e. The summed E-state index contributed by atoms with van der Waals surface area (Å²) in [7, 11) is 0. The summed E-state index contributed by atoms with van der Waals surface area (Å²) in [5.41, 5.74) is 2.43. The van der Waals surface area contributed by atoms with E-state index in [4.69, 9.17) is 4.42 Å². The maximum absolute atomic E-state index is 5.81. The zero-order chi connectivity index (χ0) is 19.3. The Balaban J connectivity index is 1.58. The Hall–Kier alpha value is -2.76. The first-order valence-corrected chi connectivity index (χ1v) is 9.49. The molecule has 0 aliphatic carbocycles. The Kier molecular flexibility index (Phi) is 5.84. The Bertz CT molecular complexity index is 901. The molecule has 0 saturated heterocycles. The van der Waals surface area contributed by atoms with Crippen LogP contribution in [0.5, 0.6) is 0 Å². The van der Waals surface area contributed by atoms with Crippen LogP contribution in [-0.4, -0.2) is 29.0 Å². The minimum atomic E-state index is -0.0446. The van der Waals surface area contributed by atoms with E-state index >= 15 is 0 Å². The van der Waals surface area contributed by atoms with Crippen LogP contribution in [-0.2, 0) is 18.4 Å². The molecular formula is C21H29N5O. The van der Waals surface area contributed by atoms with Crippen molar-refractivity contribution in [2.75, 3.05) is 13.1 Å². The predicted octanol–water partition coefficient (Wildman–Crippen LogP) is 3.75. The van der Waals surface area contributed by atoms with Gasteiger partial charge >= 0.3 is 0 Å². The highest BCUT2D eigenvalue weighted by molar-refractivity contribution is 5.83. The number of para-hydroxylation sites is 1. The summed E-state index contributed by atoms with van der Waals surface area (Å²) in [5, 5.41) is 7.93. The highest BCUT2D eigenvalue weighted by atomic mass is 16.4. The van der Waals surface area contributed by atoms with Crippen LogP contribution in [0.1, 0.15) is 44.9 Å². The van der Waals surface area contributed by atoms with Crippen LogP contribution in [0, 0.1) is 0 Å². The highest BCUT2D eigenvalue weighted by Gasteiger charge is 2.19. The zero-order valence-corrected chi connectivity index (χ0v) is 16.6. The first-order chi connectivity index (χ1) is 13.0. The van der Waals surface area contributed by atoms with Crippen LogP contribution < -0.4 is 10.6 Å². The molecule has 6 nitrogen and oxygen atoms in total.